The third kappa shape index (κ3) is 11.1. The van der Waals surface area contributed by atoms with E-state index in [1.54, 1.807) is 29.5 Å². The first kappa shape index (κ1) is 51.1. The molecule has 0 fully saturated rings. The highest BCUT2D eigenvalue weighted by molar-refractivity contribution is 7.80. The van der Waals surface area contributed by atoms with Gasteiger partial charge in [-0.15, -0.1) is 45.3 Å². The molecule has 11 heteroatoms. The van der Waals surface area contributed by atoms with Gasteiger partial charge in [-0.2, -0.15) is 17.9 Å². The Kier molecular flexibility index (Phi) is 17.4. The molecule has 0 spiro atoms. The molecule has 8 aromatic rings. The summed E-state index contributed by atoms with van der Waals surface area (Å²) >= 11 is 12.0. The lowest BCUT2D eigenvalue weighted by Gasteiger charge is -2.20. The fraction of sp³-hybridized carbons (Fsp3) is 0.339. The first-order chi connectivity index (χ1) is 34.1. The number of aromatic nitrogens is 1. The van der Waals surface area contributed by atoms with Crippen LogP contribution in [0.3, 0.4) is 0 Å². The van der Waals surface area contributed by atoms with Gasteiger partial charge >= 0.3 is 5.97 Å². The number of amides is 1. The standard InChI is InChI=1S/C59H63N3O3S5/c1-6-11-17-40-30-52(67-50(40)34-45(35-60)58(63)61(37-66)36-38-23-25-39(26-24-38)59(64)65)55-43(19-13-8-3)32-54(69-55)57-44(20-14-9-4)33-53(70-57)56-42(18-12-7-2)31-51(68-56)41-27-28-49-47(29-41)46-21-15-16-22-48(46)62(49)10-5/h15-16,21-34,66H,6-14,17-20,36-37H2,1-5H3,(H,64,65)/b45-34+. The van der Waals surface area contributed by atoms with Crippen molar-refractivity contribution in [2.75, 3.05) is 5.88 Å². The molecular weight excluding hydrogens is 959 g/mol. The minimum atomic E-state index is -1.01. The van der Waals surface area contributed by atoms with Gasteiger partial charge in [-0.3, -0.25) is 4.79 Å². The van der Waals surface area contributed by atoms with Crippen molar-refractivity contribution in [1.29, 1.82) is 5.26 Å². The van der Waals surface area contributed by atoms with Gasteiger partial charge in [-0.25, -0.2) is 4.79 Å². The summed E-state index contributed by atoms with van der Waals surface area (Å²) < 4.78 is 2.43. The average Bonchev–Trinajstić information content (AvgIpc) is 4.23. The number of nitrogens with zero attached hydrogens (tertiary/aromatic N) is 3. The van der Waals surface area contributed by atoms with E-state index in [4.69, 9.17) is 0 Å². The quantitative estimate of drug-likeness (QED) is 0.0289. The van der Waals surface area contributed by atoms with Crippen LogP contribution in [0.4, 0.5) is 0 Å². The maximum atomic E-state index is 14.0. The van der Waals surface area contributed by atoms with Crippen molar-refractivity contribution in [3.05, 3.63) is 135 Å². The Labute approximate surface area is 435 Å². The molecule has 362 valence electrons. The maximum absolute atomic E-state index is 14.0. The SMILES string of the molecule is CCCCc1cc(-c2sc(-c3sc(-c4sc(-c5ccc6c(c5)c5ccccc5n6CC)cc4CCCC)cc3CCCC)cc2CCCC)sc1/C=C(\C#N)C(=O)N(CS)Cc1ccc(C(=O)O)cc1. The number of rotatable bonds is 23. The molecule has 0 aliphatic heterocycles. The van der Waals surface area contributed by atoms with Crippen molar-refractivity contribution in [2.45, 2.75) is 125 Å². The van der Waals surface area contributed by atoms with Gasteiger partial charge in [0.1, 0.15) is 11.6 Å². The number of carbonyl (C=O) groups excluding carboxylic acids is 1. The van der Waals surface area contributed by atoms with Crippen LogP contribution in [0.15, 0.2) is 96.6 Å². The summed E-state index contributed by atoms with van der Waals surface area (Å²) in [5, 5.41) is 22.4. The van der Waals surface area contributed by atoms with E-state index >= 15 is 0 Å². The summed E-state index contributed by atoms with van der Waals surface area (Å²) in [4.78, 5) is 37.2. The number of hydrogen-bond acceptors (Lipinski definition) is 8. The molecule has 0 radical (unpaired) electrons. The Morgan fingerprint density at radius 2 is 1.16 bits per heavy atom. The minimum Gasteiger partial charge on any atom is -0.478 e. The third-order valence-corrected chi connectivity index (χ3v) is 18.8. The lowest BCUT2D eigenvalue weighted by atomic mass is 10.0. The van der Waals surface area contributed by atoms with Crippen molar-refractivity contribution < 1.29 is 14.7 Å². The van der Waals surface area contributed by atoms with Crippen LogP contribution in [0.2, 0.25) is 0 Å². The van der Waals surface area contributed by atoms with Gasteiger partial charge < -0.3 is 14.6 Å². The van der Waals surface area contributed by atoms with Gasteiger partial charge in [0.25, 0.3) is 5.91 Å². The zero-order chi connectivity index (χ0) is 49.3. The highest BCUT2D eigenvalue weighted by Gasteiger charge is 2.24. The number of hydrogen-bond donors (Lipinski definition) is 2. The molecular formula is C59H63N3O3S5. The van der Waals surface area contributed by atoms with Gasteiger partial charge in [0, 0.05) is 73.9 Å². The molecule has 1 amide bonds. The van der Waals surface area contributed by atoms with E-state index < -0.39 is 11.9 Å². The minimum absolute atomic E-state index is 0.0618. The molecule has 3 aromatic carbocycles. The predicted molar refractivity (Wildman–Crippen MR) is 304 cm³/mol. The topological polar surface area (TPSA) is 86.3 Å². The van der Waals surface area contributed by atoms with E-state index in [2.05, 4.69) is 125 Å². The molecule has 5 aromatic heterocycles. The van der Waals surface area contributed by atoms with Crippen LogP contribution >= 0.6 is 58.0 Å². The summed E-state index contributed by atoms with van der Waals surface area (Å²) in [6.07, 6.45) is 14.5. The van der Waals surface area contributed by atoms with Crippen LogP contribution in [0.25, 0.3) is 67.6 Å². The molecule has 0 saturated carbocycles. The van der Waals surface area contributed by atoms with E-state index in [-0.39, 0.29) is 23.6 Å². The zero-order valence-corrected chi connectivity index (χ0v) is 45.2. The predicted octanol–water partition coefficient (Wildman–Crippen LogP) is 17.6. The maximum Gasteiger partial charge on any atom is 0.335 e. The van der Waals surface area contributed by atoms with Crippen LogP contribution < -0.4 is 0 Å². The first-order valence-electron chi connectivity index (χ1n) is 25.0. The molecule has 8 rings (SSSR count). The Balaban J connectivity index is 1.17. The number of benzene rings is 3. The lowest BCUT2D eigenvalue weighted by molar-refractivity contribution is -0.126. The highest BCUT2D eigenvalue weighted by atomic mass is 32.1. The van der Waals surface area contributed by atoms with Crippen LogP contribution in [-0.2, 0) is 43.6 Å². The number of aryl methyl sites for hydroxylation is 5. The second-order valence-electron chi connectivity index (χ2n) is 18.1. The summed E-state index contributed by atoms with van der Waals surface area (Å²) in [5.74, 6) is -1.30. The second kappa shape index (κ2) is 23.8. The average molecular weight is 1020 g/mol. The molecule has 0 saturated heterocycles. The Bertz CT molecular complexity index is 3190. The van der Waals surface area contributed by atoms with E-state index in [0.29, 0.717) is 0 Å². The number of carbonyl (C=O) groups is 2. The zero-order valence-electron chi connectivity index (χ0n) is 41.0. The van der Waals surface area contributed by atoms with E-state index in [0.717, 1.165) is 99.6 Å². The van der Waals surface area contributed by atoms with Crippen molar-refractivity contribution in [2.24, 2.45) is 0 Å². The van der Waals surface area contributed by atoms with E-state index in [1.807, 2.05) is 34.0 Å². The van der Waals surface area contributed by atoms with Crippen LogP contribution in [-0.4, -0.2) is 32.3 Å². The van der Waals surface area contributed by atoms with Crippen molar-refractivity contribution in [3.8, 4) is 45.8 Å². The number of aromatic carboxylic acids is 1. The highest BCUT2D eigenvalue weighted by Crippen LogP contribution is 2.50. The molecule has 70 heavy (non-hydrogen) atoms. The summed E-state index contributed by atoms with van der Waals surface area (Å²) in [6.45, 7) is 12.4. The molecule has 0 aliphatic rings. The lowest BCUT2D eigenvalue weighted by Crippen LogP contribution is -2.30. The van der Waals surface area contributed by atoms with Gasteiger partial charge in [0.05, 0.1) is 11.4 Å². The summed E-state index contributed by atoms with van der Waals surface area (Å²) in [7, 11) is 0. The van der Waals surface area contributed by atoms with Crippen molar-refractivity contribution in [1.82, 2.24) is 9.47 Å². The molecule has 0 unspecified atom stereocenters. The van der Waals surface area contributed by atoms with Crippen LogP contribution in [0, 0.1) is 11.3 Å². The number of thiophene rings is 4. The van der Waals surface area contributed by atoms with Crippen molar-refractivity contribution in [3.63, 3.8) is 0 Å². The Morgan fingerprint density at radius 3 is 1.70 bits per heavy atom. The molecule has 0 bridgehead atoms. The number of nitriles is 1. The number of thiol groups is 1. The summed E-state index contributed by atoms with van der Waals surface area (Å²) in [6, 6.07) is 34.3. The Hall–Kier alpha value is -5.22. The van der Waals surface area contributed by atoms with Crippen molar-refractivity contribution >= 4 is 97.7 Å². The summed E-state index contributed by atoms with van der Waals surface area (Å²) in [5.41, 5.74) is 10.3. The Morgan fingerprint density at radius 1 is 0.643 bits per heavy atom. The molecule has 5 heterocycles. The number of para-hydroxylation sites is 1. The molecule has 6 nitrogen and oxygen atoms in total. The smallest absolute Gasteiger partial charge is 0.335 e. The third-order valence-electron chi connectivity index (χ3n) is 13.2. The normalized spacial score (nSPS) is 11.8. The molecule has 0 atom stereocenters. The van der Waals surface area contributed by atoms with Gasteiger partial charge in [0.2, 0.25) is 0 Å². The second-order valence-corrected chi connectivity index (χ2v) is 22.6. The number of carboxylic acids is 1. The fourth-order valence-electron chi connectivity index (χ4n) is 9.33. The number of unbranched alkanes of at least 4 members (excludes halogenated alkanes) is 4. The molecule has 0 aliphatic carbocycles. The van der Waals surface area contributed by atoms with Gasteiger partial charge in [-0.1, -0.05) is 89.8 Å². The fourth-order valence-corrected chi connectivity index (χ4v) is 14.7. The molecule has 1 N–H and O–H groups in total. The van der Waals surface area contributed by atoms with Gasteiger partial charge in [-0.05, 0) is 152 Å². The van der Waals surface area contributed by atoms with Crippen LogP contribution in [0.5, 0.6) is 0 Å². The van der Waals surface area contributed by atoms with E-state index in [9.17, 15) is 20.0 Å². The van der Waals surface area contributed by atoms with E-state index in [1.165, 1.54) is 95.2 Å². The monoisotopic (exact) mass is 1020 g/mol. The van der Waals surface area contributed by atoms with Crippen LogP contribution in [0.1, 0.15) is 129 Å². The van der Waals surface area contributed by atoms with Gasteiger partial charge in [0.15, 0.2) is 0 Å². The largest absolute Gasteiger partial charge is 0.478 e. The number of fused-ring (bicyclic) bond motifs is 3. The number of carboxylic acid groups (broad SMARTS) is 1. The first-order valence-corrected chi connectivity index (χ1v) is 28.9.